The zero-order chi connectivity index (χ0) is 14.1. The normalized spacial score (nSPS) is 16.6. The number of aliphatic hydroxyl groups excluding tert-OH is 5. The standard InChI is InChI=1S/C11H23NO6/c1-7(2)12-4-6-18-11(17)10(16)9(15)8(14)3-5-13/h7-8,11-17H,3-6H2,1-2H3/b10-9-/t8-,11-/m0/s1. The molecule has 0 aliphatic rings. The van der Waals surface area contributed by atoms with Gasteiger partial charge < -0.3 is 35.6 Å². The van der Waals surface area contributed by atoms with Crippen molar-refractivity contribution in [1.82, 2.24) is 5.32 Å². The Hall–Kier alpha value is -0.860. The minimum Gasteiger partial charge on any atom is -0.506 e. The van der Waals surface area contributed by atoms with E-state index in [1.807, 2.05) is 13.8 Å². The van der Waals surface area contributed by atoms with Gasteiger partial charge in [-0.15, -0.1) is 0 Å². The highest BCUT2D eigenvalue weighted by Gasteiger charge is 2.20. The second-order valence-electron chi connectivity index (χ2n) is 4.13. The third kappa shape index (κ3) is 6.77. The van der Waals surface area contributed by atoms with Crippen LogP contribution in [0.25, 0.3) is 0 Å². The van der Waals surface area contributed by atoms with Gasteiger partial charge in [0.2, 0.25) is 6.29 Å². The molecule has 0 aromatic heterocycles. The Bertz CT molecular complexity index is 256. The fourth-order valence-corrected chi connectivity index (χ4v) is 1.15. The van der Waals surface area contributed by atoms with Crippen molar-refractivity contribution in [2.45, 2.75) is 38.7 Å². The minimum absolute atomic E-state index is 0.132. The molecule has 108 valence electrons. The lowest BCUT2D eigenvalue weighted by atomic mass is 10.2. The summed E-state index contributed by atoms with van der Waals surface area (Å²) in [5.74, 6) is -1.64. The molecule has 7 heteroatoms. The maximum Gasteiger partial charge on any atom is 0.217 e. The molecule has 0 bridgehead atoms. The van der Waals surface area contributed by atoms with Crippen LogP contribution >= 0.6 is 0 Å². The maximum atomic E-state index is 9.38. The number of rotatable bonds is 9. The van der Waals surface area contributed by atoms with E-state index in [1.54, 1.807) is 0 Å². The van der Waals surface area contributed by atoms with E-state index in [0.717, 1.165) is 0 Å². The van der Waals surface area contributed by atoms with Crippen molar-refractivity contribution in [3.63, 3.8) is 0 Å². The molecule has 0 aliphatic carbocycles. The highest BCUT2D eigenvalue weighted by Crippen LogP contribution is 2.11. The molecule has 0 rings (SSSR count). The lowest BCUT2D eigenvalue weighted by Gasteiger charge is -2.16. The summed E-state index contributed by atoms with van der Waals surface area (Å²) in [7, 11) is 0. The highest BCUT2D eigenvalue weighted by atomic mass is 16.6. The Morgan fingerprint density at radius 2 is 1.78 bits per heavy atom. The van der Waals surface area contributed by atoms with E-state index in [9.17, 15) is 20.4 Å². The molecule has 0 radical (unpaired) electrons. The van der Waals surface area contributed by atoms with E-state index < -0.39 is 23.9 Å². The summed E-state index contributed by atoms with van der Waals surface area (Å²) in [6, 6.07) is 0.273. The lowest BCUT2D eigenvalue weighted by Crippen LogP contribution is -2.29. The van der Waals surface area contributed by atoms with Crippen LogP contribution in [0.2, 0.25) is 0 Å². The number of nitrogens with one attached hydrogen (secondary N) is 1. The van der Waals surface area contributed by atoms with E-state index in [2.05, 4.69) is 5.32 Å². The van der Waals surface area contributed by atoms with Crippen molar-refractivity contribution in [3.8, 4) is 0 Å². The molecular formula is C11H23NO6. The Morgan fingerprint density at radius 1 is 1.17 bits per heavy atom. The SMILES string of the molecule is CC(C)NCCO[C@H](O)/C(O)=C(/O)[C@@H](O)CCO. The topological polar surface area (TPSA) is 122 Å². The van der Waals surface area contributed by atoms with E-state index in [1.165, 1.54) is 0 Å². The van der Waals surface area contributed by atoms with Crippen molar-refractivity contribution in [1.29, 1.82) is 0 Å². The van der Waals surface area contributed by atoms with Crippen LogP contribution in [0.1, 0.15) is 20.3 Å². The van der Waals surface area contributed by atoms with Crippen molar-refractivity contribution in [3.05, 3.63) is 11.5 Å². The third-order valence-corrected chi connectivity index (χ3v) is 2.14. The van der Waals surface area contributed by atoms with Gasteiger partial charge in [0.15, 0.2) is 11.5 Å². The molecule has 0 amide bonds. The third-order valence-electron chi connectivity index (χ3n) is 2.14. The van der Waals surface area contributed by atoms with Crippen LogP contribution in [0, 0.1) is 0 Å². The quantitative estimate of drug-likeness (QED) is 0.187. The van der Waals surface area contributed by atoms with Crippen molar-refractivity contribution < 1.29 is 30.3 Å². The number of hydrogen-bond acceptors (Lipinski definition) is 7. The van der Waals surface area contributed by atoms with Crippen LogP contribution in [0.15, 0.2) is 11.5 Å². The van der Waals surface area contributed by atoms with Crippen molar-refractivity contribution in [2.75, 3.05) is 19.8 Å². The Morgan fingerprint density at radius 3 is 2.28 bits per heavy atom. The first-order valence-electron chi connectivity index (χ1n) is 5.84. The van der Waals surface area contributed by atoms with Gasteiger partial charge in [-0.3, -0.25) is 0 Å². The van der Waals surface area contributed by atoms with Gasteiger partial charge in [0.1, 0.15) is 6.10 Å². The van der Waals surface area contributed by atoms with Gasteiger partial charge in [0, 0.05) is 25.6 Å². The molecule has 0 spiro atoms. The summed E-state index contributed by atoms with van der Waals surface area (Å²) in [5, 5.41) is 49.0. The fraction of sp³-hybridized carbons (Fsp3) is 0.818. The second kappa shape index (κ2) is 9.12. The van der Waals surface area contributed by atoms with Crippen LogP contribution in [0.4, 0.5) is 0 Å². The summed E-state index contributed by atoms with van der Waals surface area (Å²) in [5.41, 5.74) is 0. The molecule has 0 saturated heterocycles. The molecule has 0 aromatic rings. The van der Waals surface area contributed by atoms with Crippen LogP contribution < -0.4 is 5.32 Å². The van der Waals surface area contributed by atoms with E-state index in [-0.39, 0.29) is 25.7 Å². The van der Waals surface area contributed by atoms with Crippen molar-refractivity contribution in [2.24, 2.45) is 0 Å². The van der Waals surface area contributed by atoms with Gasteiger partial charge in [-0.05, 0) is 0 Å². The van der Waals surface area contributed by atoms with E-state index >= 15 is 0 Å². The zero-order valence-electron chi connectivity index (χ0n) is 10.7. The first-order valence-corrected chi connectivity index (χ1v) is 5.84. The summed E-state index contributed by atoms with van der Waals surface area (Å²) >= 11 is 0. The van der Waals surface area contributed by atoms with Crippen LogP contribution in [-0.2, 0) is 4.74 Å². The molecular weight excluding hydrogens is 242 g/mol. The monoisotopic (exact) mass is 265 g/mol. The molecule has 0 unspecified atom stereocenters. The van der Waals surface area contributed by atoms with Crippen LogP contribution in [-0.4, -0.2) is 63.7 Å². The molecule has 0 heterocycles. The summed E-state index contributed by atoms with van der Waals surface area (Å²) < 4.78 is 4.86. The van der Waals surface area contributed by atoms with Gasteiger partial charge in [0.05, 0.1) is 6.61 Å². The average Bonchev–Trinajstić information content (AvgIpc) is 2.32. The maximum absolute atomic E-state index is 9.38. The summed E-state index contributed by atoms with van der Waals surface area (Å²) in [6.07, 6.45) is -3.27. The van der Waals surface area contributed by atoms with E-state index in [4.69, 9.17) is 9.84 Å². The number of hydrogen-bond donors (Lipinski definition) is 6. The first-order chi connectivity index (χ1) is 8.40. The average molecular weight is 265 g/mol. The fourth-order valence-electron chi connectivity index (χ4n) is 1.15. The molecule has 0 saturated carbocycles. The molecule has 7 nitrogen and oxygen atoms in total. The largest absolute Gasteiger partial charge is 0.506 e. The van der Waals surface area contributed by atoms with E-state index in [0.29, 0.717) is 6.54 Å². The molecule has 0 fully saturated rings. The minimum atomic E-state index is -1.70. The Balaban J connectivity index is 4.14. The van der Waals surface area contributed by atoms with Crippen molar-refractivity contribution >= 4 is 0 Å². The van der Waals surface area contributed by atoms with Crippen LogP contribution in [0.3, 0.4) is 0 Å². The lowest BCUT2D eigenvalue weighted by molar-refractivity contribution is -0.0979. The summed E-state index contributed by atoms with van der Waals surface area (Å²) in [4.78, 5) is 0. The van der Waals surface area contributed by atoms with Gasteiger partial charge in [-0.1, -0.05) is 13.8 Å². The molecule has 0 aliphatic heterocycles. The smallest absolute Gasteiger partial charge is 0.217 e. The van der Waals surface area contributed by atoms with Crippen LogP contribution in [0.5, 0.6) is 0 Å². The summed E-state index contributed by atoms with van der Waals surface area (Å²) in [6.45, 7) is 4.15. The number of aliphatic hydroxyl groups is 5. The van der Waals surface area contributed by atoms with Gasteiger partial charge in [-0.2, -0.15) is 0 Å². The first kappa shape index (κ1) is 17.1. The molecule has 2 atom stereocenters. The molecule has 6 N–H and O–H groups in total. The predicted molar refractivity (Wildman–Crippen MR) is 65.1 cm³/mol. The van der Waals surface area contributed by atoms with Gasteiger partial charge in [-0.25, -0.2) is 0 Å². The Kier molecular flexibility index (Phi) is 8.69. The van der Waals surface area contributed by atoms with Gasteiger partial charge >= 0.3 is 0 Å². The molecule has 0 aromatic carbocycles. The predicted octanol–water partition coefficient (Wildman–Crippen LogP) is -0.610. The zero-order valence-corrected chi connectivity index (χ0v) is 10.7. The Labute approximate surface area is 106 Å². The van der Waals surface area contributed by atoms with Gasteiger partial charge in [0.25, 0.3) is 0 Å². The highest BCUT2D eigenvalue weighted by molar-refractivity contribution is 5.05. The number of ether oxygens (including phenoxy) is 1. The molecule has 18 heavy (non-hydrogen) atoms. The second-order valence-corrected chi connectivity index (χ2v) is 4.13.